The van der Waals surface area contributed by atoms with Crippen molar-refractivity contribution in [3.05, 3.63) is 17.0 Å². The van der Waals surface area contributed by atoms with Crippen molar-refractivity contribution in [1.82, 2.24) is 9.62 Å². The molecule has 1 aromatic heterocycles. The Hall–Kier alpha value is -0.430. The van der Waals surface area contributed by atoms with E-state index in [4.69, 9.17) is 0 Å². The van der Waals surface area contributed by atoms with Crippen LogP contribution in [0.2, 0.25) is 0 Å². The van der Waals surface area contributed by atoms with Crippen molar-refractivity contribution >= 4 is 21.4 Å². The molecule has 1 unspecified atom stereocenters. The van der Waals surface area contributed by atoms with Crippen molar-refractivity contribution in [2.45, 2.75) is 43.9 Å². The second-order valence-electron chi connectivity index (χ2n) is 5.32. The Morgan fingerprint density at radius 3 is 2.85 bits per heavy atom. The zero-order valence-electron chi connectivity index (χ0n) is 12.3. The smallest absolute Gasteiger partial charge is 0.252 e. The monoisotopic (exact) mass is 316 g/mol. The van der Waals surface area contributed by atoms with Gasteiger partial charge in [0.2, 0.25) is 0 Å². The number of hydrogen-bond acceptors (Lipinski definition) is 4. The van der Waals surface area contributed by atoms with Gasteiger partial charge >= 0.3 is 0 Å². The molecule has 6 heteroatoms. The number of nitrogens with one attached hydrogen (secondary N) is 1. The van der Waals surface area contributed by atoms with Gasteiger partial charge in [0, 0.05) is 24.5 Å². The lowest BCUT2D eigenvalue weighted by molar-refractivity contribution is 0.454. The van der Waals surface area contributed by atoms with Gasteiger partial charge in [-0.25, -0.2) is 8.42 Å². The summed E-state index contributed by atoms with van der Waals surface area (Å²) >= 11 is 1.39. The molecule has 4 nitrogen and oxygen atoms in total. The molecule has 2 heterocycles. The lowest BCUT2D eigenvalue weighted by Gasteiger charge is -2.14. The van der Waals surface area contributed by atoms with Crippen molar-refractivity contribution in [3.63, 3.8) is 0 Å². The fourth-order valence-electron chi connectivity index (χ4n) is 2.46. The van der Waals surface area contributed by atoms with E-state index in [0.717, 1.165) is 37.2 Å². The van der Waals surface area contributed by atoms with Crippen LogP contribution in [0.25, 0.3) is 0 Å². The van der Waals surface area contributed by atoms with Crippen LogP contribution in [0, 0.1) is 5.92 Å². The first-order chi connectivity index (χ1) is 9.57. The second kappa shape index (κ2) is 7.02. The molecule has 2 rings (SSSR count). The van der Waals surface area contributed by atoms with Gasteiger partial charge in [0.1, 0.15) is 4.21 Å². The van der Waals surface area contributed by atoms with Crippen LogP contribution in [0.1, 0.15) is 38.0 Å². The van der Waals surface area contributed by atoms with Crippen LogP contribution in [-0.2, 0) is 16.6 Å². The molecule has 114 valence electrons. The van der Waals surface area contributed by atoms with Crippen molar-refractivity contribution in [2.75, 3.05) is 19.6 Å². The van der Waals surface area contributed by atoms with E-state index < -0.39 is 10.0 Å². The van der Waals surface area contributed by atoms with Gasteiger partial charge in [-0.2, -0.15) is 4.31 Å². The maximum atomic E-state index is 12.6. The van der Waals surface area contributed by atoms with E-state index in [9.17, 15) is 8.42 Å². The molecule has 0 aliphatic carbocycles. The molecule has 0 radical (unpaired) electrons. The lowest BCUT2D eigenvalue weighted by atomic mass is 10.1. The number of sulfonamides is 1. The number of nitrogens with zero attached hydrogens (tertiary/aromatic N) is 1. The van der Waals surface area contributed by atoms with Crippen molar-refractivity contribution in [1.29, 1.82) is 0 Å². The number of hydrogen-bond donors (Lipinski definition) is 1. The van der Waals surface area contributed by atoms with Gasteiger partial charge in [0.05, 0.1) is 0 Å². The topological polar surface area (TPSA) is 49.4 Å². The molecule has 20 heavy (non-hydrogen) atoms. The third kappa shape index (κ3) is 3.61. The first-order valence-electron chi connectivity index (χ1n) is 7.37. The van der Waals surface area contributed by atoms with E-state index in [0.29, 0.717) is 23.2 Å². The van der Waals surface area contributed by atoms with Crippen LogP contribution in [0.4, 0.5) is 0 Å². The molecule has 1 aliphatic rings. The molecule has 1 atom stereocenters. The predicted octanol–water partition coefficient (Wildman–Crippen LogP) is 2.67. The highest BCUT2D eigenvalue weighted by atomic mass is 32.2. The van der Waals surface area contributed by atoms with Crippen LogP contribution in [-0.4, -0.2) is 32.4 Å². The molecular weight excluding hydrogens is 292 g/mol. The normalized spacial score (nSPS) is 20.6. The quantitative estimate of drug-likeness (QED) is 0.787. The lowest BCUT2D eigenvalue weighted by Crippen LogP contribution is -2.28. The molecule has 1 fully saturated rings. The maximum absolute atomic E-state index is 12.6. The van der Waals surface area contributed by atoms with Gasteiger partial charge < -0.3 is 5.32 Å². The van der Waals surface area contributed by atoms with Crippen LogP contribution >= 0.6 is 11.3 Å². The molecule has 0 saturated carbocycles. The maximum Gasteiger partial charge on any atom is 0.252 e. The first-order valence-corrected chi connectivity index (χ1v) is 9.63. The van der Waals surface area contributed by atoms with E-state index >= 15 is 0 Å². The van der Waals surface area contributed by atoms with E-state index in [-0.39, 0.29) is 0 Å². The third-order valence-corrected chi connectivity index (χ3v) is 7.20. The highest BCUT2D eigenvalue weighted by Crippen LogP contribution is 2.29. The molecular formula is C14H24N2O2S2. The largest absolute Gasteiger partial charge is 0.312 e. The summed E-state index contributed by atoms with van der Waals surface area (Å²) in [5, 5.41) is 3.30. The summed E-state index contributed by atoms with van der Waals surface area (Å²) in [6.45, 7) is 7.32. The minimum atomic E-state index is -3.27. The SMILES string of the molecule is CCCNCc1ccc(S(=O)(=O)N2CCC(CC)C2)s1. The van der Waals surface area contributed by atoms with E-state index in [1.54, 1.807) is 10.4 Å². The fraction of sp³-hybridized carbons (Fsp3) is 0.714. The Morgan fingerprint density at radius 1 is 1.40 bits per heavy atom. The summed E-state index contributed by atoms with van der Waals surface area (Å²) in [6, 6.07) is 3.68. The Kier molecular flexibility index (Phi) is 5.60. The number of thiophene rings is 1. The highest BCUT2D eigenvalue weighted by molar-refractivity contribution is 7.91. The van der Waals surface area contributed by atoms with Crippen LogP contribution in [0.15, 0.2) is 16.3 Å². The predicted molar refractivity (Wildman–Crippen MR) is 83.5 cm³/mol. The molecule has 1 N–H and O–H groups in total. The average Bonchev–Trinajstić information content (AvgIpc) is 3.08. The van der Waals surface area contributed by atoms with E-state index in [2.05, 4.69) is 19.2 Å². The highest BCUT2D eigenvalue weighted by Gasteiger charge is 2.32. The van der Waals surface area contributed by atoms with Gasteiger partial charge in [-0.05, 0) is 37.4 Å². The van der Waals surface area contributed by atoms with Crippen molar-refractivity contribution in [3.8, 4) is 0 Å². The Morgan fingerprint density at radius 2 is 2.20 bits per heavy atom. The van der Waals surface area contributed by atoms with Crippen LogP contribution in [0.3, 0.4) is 0 Å². The molecule has 0 amide bonds. The van der Waals surface area contributed by atoms with Crippen molar-refractivity contribution in [2.24, 2.45) is 5.92 Å². The molecule has 0 bridgehead atoms. The summed E-state index contributed by atoms with van der Waals surface area (Å²) in [7, 11) is -3.27. The summed E-state index contributed by atoms with van der Waals surface area (Å²) in [6.07, 6.45) is 3.14. The molecule has 1 aliphatic heterocycles. The Labute approximate surface area is 126 Å². The average molecular weight is 316 g/mol. The zero-order valence-corrected chi connectivity index (χ0v) is 13.9. The van der Waals surface area contributed by atoms with Gasteiger partial charge in [-0.15, -0.1) is 11.3 Å². The summed E-state index contributed by atoms with van der Waals surface area (Å²) in [4.78, 5) is 1.09. The van der Waals surface area contributed by atoms with Crippen LogP contribution in [0.5, 0.6) is 0 Å². The van der Waals surface area contributed by atoms with Gasteiger partial charge in [-0.3, -0.25) is 0 Å². The first kappa shape index (κ1) is 15.9. The summed E-state index contributed by atoms with van der Waals surface area (Å²) in [5.41, 5.74) is 0. The molecule has 1 saturated heterocycles. The van der Waals surface area contributed by atoms with Gasteiger partial charge in [0.15, 0.2) is 0 Å². The fourth-order valence-corrected chi connectivity index (χ4v) is 5.47. The summed E-state index contributed by atoms with van der Waals surface area (Å²) in [5.74, 6) is 0.524. The third-order valence-electron chi connectivity index (χ3n) is 3.78. The number of rotatable bonds is 7. The Bertz CT molecular complexity index is 525. The minimum Gasteiger partial charge on any atom is -0.312 e. The van der Waals surface area contributed by atoms with Gasteiger partial charge in [0.25, 0.3) is 10.0 Å². The molecule has 0 aromatic carbocycles. The zero-order chi connectivity index (χ0) is 14.6. The van der Waals surface area contributed by atoms with Crippen LogP contribution < -0.4 is 5.32 Å². The summed E-state index contributed by atoms with van der Waals surface area (Å²) < 4.78 is 27.2. The second-order valence-corrected chi connectivity index (χ2v) is 8.66. The molecule has 1 aromatic rings. The van der Waals surface area contributed by atoms with E-state index in [1.165, 1.54) is 11.3 Å². The van der Waals surface area contributed by atoms with Crippen molar-refractivity contribution < 1.29 is 8.42 Å². The minimum absolute atomic E-state index is 0.488. The van der Waals surface area contributed by atoms with E-state index in [1.807, 2.05) is 6.07 Å². The molecule has 0 spiro atoms. The Balaban J connectivity index is 2.03. The van der Waals surface area contributed by atoms with Gasteiger partial charge in [-0.1, -0.05) is 20.3 Å². The standard InChI is InChI=1S/C14H24N2O2S2/c1-3-8-15-10-13-5-6-14(19-13)20(17,18)16-9-7-12(4-2)11-16/h5-6,12,15H,3-4,7-11H2,1-2H3.